The first kappa shape index (κ1) is 16.1. The van der Waals surface area contributed by atoms with E-state index in [0.29, 0.717) is 5.41 Å². The molecule has 2 aliphatic carbocycles. The number of rotatable bonds is 6. The van der Waals surface area contributed by atoms with Crippen molar-refractivity contribution < 1.29 is 0 Å². The quantitative estimate of drug-likeness (QED) is 0.494. The van der Waals surface area contributed by atoms with Crippen LogP contribution in [0.25, 0.3) is 0 Å². The molecule has 0 saturated heterocycles. The van der Waals surface area contributed by atoms with Crippen molar-refractivity contribution in [3.8, 4) is 0 Å². The van der Waals surface area contributed by atoms with Crippen LogP contribution < -0.4 is 0 Å². The van der Waals surface area contributed by atoms with Crippen molar-refractivity contribution in [1.82, 2.24) is 0 Å². The lowest BCUT2D eigenvalue weighted by atomic mass is 9.66. The van der Waals surface area contributed by atoms with Gasteiger partial charge in [-0.2, -0.15) is 0 Å². The van der Waals surface area contributed by atoms with E-state index in [1.54, 1.807) is 5.56 Å². The standard InChI is InChI=1S/C22H34/c1-4-12-20(13-5-1)14-8-11-19-22(17-9-3-10-18-22)21-15-6-2-7-16-21/h2,6-7,15-16,20H,1,3-5,8-14,17-19H2. The molecule has 0 aromatic heterocycles. The summed E-state index contributed by atoms with van der Waals surface area (Å²) in [7, 11) is 0. The van der Waals surface area contributed by atoms with Crippen molar-refractivity contribution in [1.29, 1.82) is 0 Å². The second kappa shape index (κ2) is 8.18. The van der Waals surface area contributed by atoms with Crippen LogP contribution in [0.15, 0.2) is 30.3 Å². The Labute approximate surface area is 137 Å². The molecule has 0 bridgehead atoms. The molecule has 0 amide bonds. The van der Waals surface area contributed by atoms with Gasteiger partial charge in [-0.1, -0.05) is 101 Å². The molecule has 2 fully saturated rings. The molecule has 0 nitrogen and oxygen atoms in total. The van der Waals surface area contributed by atoms with Gasteiger partial charge in [0, 0.05) is 0 Å². The fourth-order valence-corrected chi connectivity index (χ4v) is 5.08. The third kappa shape index (κ3) is 4.15. The first-order valence-corrected chi connectivity index (χ1v) is 9.95. The Morgan fingerprint density at radius 2 is 1.45 bits per heavy atom. The lowest BCUT2D eigenvalue weighted by Gasteiger charge is -2.38. The molecule has 0 atom stereocenters. The second-order valence-electron chi connectivity index (χ2n) is 7.96. The van der Waals surface area contributed by atoms with Gasteiger partial charge in [-0.15, -0.1) is 0 Å². The van der Waals surface area contributed by atoms with Gasteiger partial charge >= 0.3 is 0 Å². The third-order valence-electron chi connectivity index (χ3n) is 6.44. The summed E-state index contributed by atoms with van der Waals surface area (Å²) < 4.78 is 0. The van der Waals surface area contributed by atoms with Crippen LogP contribution in [0.5, 0.6) is 0 Å². The highest BCUT2D eigenvalue weighted by molar-refractivity contribution is 5.25. The van der Waals surface area contributed by atoms with Gasteiger partial charge in [-0.05, 0) is 36.2 Å². The number of benzene rings is 1. The largest absolute Gasteiger partial charge is 0.0622 e. The average Bonchev–Trinajstić information content (AvgIpc) is 2.61. The lowest BCUT2D eigenvalue weighted by molar-refractivity contribution is 0.258. The Bertz CT molecular complexity index is 407. The molecule has 2 saturated carbocycles. The zero-order valence-electron chi connectivity index (χ0n) is 14.4. The fraction of sp³-hybridized carbons (Fsp3) is 0.727. The molecule has 0 spiro atoms. The molecule has 3 rings (SSSR count). The lowest BCUT2D eigenvalue weighted by Crippen LogP contribution is -2.29. The molecule has 2 aliphatic rings. The van der Waals surface area contributed by atoms with Crippen molar-refractivity contribution in [3.63, 3.8) is 0 Å². The van der Waals surface area contributed by atoms with E-state index in [1.165, 1.54) is 89.9 Å². The van der Waals surface area contributed by atoms with E-state index in [2.05, 4.69) is 30.3 Å². The van der Waals surface area contributed by atoms with E-state index in [1.807, 2.05) is 0 Å². The summed E-state index contributed by atoms with van der Waals surface area (Å²) >= 11 is 0. The van der Waals surface area contributed by atoms with Crippen LogP contribution in [0.1, 0.15) is 95.5 Å². The van der Waals surface area contributed by atoms with Crippen LogP contribution in [-0.4, -0.2) is 0 Å². The van der Waals surface area contributed by atoms with E-state index < -0.39 is 0 Å². The summed E-state index contributed by atoms with van der Waals surface area (Å²) in [5.41, 5.74) is 2.15. The minimum atomic E-state index is 0.520. The molecule has 22 heavy (non-hydrogen) atoms. The highest BCUT2D eigenvalue weighted by Crippen LogP contribution is 2.43. The van der Waals surface area contributed by atoms with E-state index >= 15 is 0 Å². The van der Waals surface area contributed by atoms with Crippen molar-refractivity contribution in [2.45, 2.75) is 95.3 Å². The molecular weight excluding hydrogens is 264 g/mol. The Balaban J connectivity index is 1.52. The van der Waals surface area contributed by atoms with Crippen LogP contribution in [-0.2, 0) is 5.41 Å². The Morgan fingerprint density at radius 3 is 2.18 bits per heavy atom. The summed E-state index contributed by atoms with van der Waals surface area (Å²) in [6, 6.07) is 11.4. The molecule has 1 aromatic carbocycles. The van der Waals surface area contributed by atoms with Crippen molar-refractivity contribution in [3.05, 3.63) is 35.9 Å². The van der Waals surface area contributed by atoms with Gasteiger partial charge in [0.1, 0.15) is 0 Å². The van der Waals surface area contributed by atoms with Gasteiger partial charge in [0.2, 0.25) is 0 Å². The summed E-state index contributed by atoms with van der Waals surface area (Å²) in [5, 5.41) is 0. The molecular formula is C22H34. The normalized spacial score (nSPS) is 22.5. The Morgan fingerprint density at radius 1 is 0.773 bits per heavy atom. The smallest absolute Gasteiger partial charge is 0.00470 e. The minimum absolute atomic E-state index is 0.520. The summed E-state index contributed by atoms with van der Waals surface area (Å²) in [5.74, 6) is 1.06. The summed E-state index contributed by atoms with van der Waals surface area (Å²) in [6.45, 7) is 0. The topological polar surface area (TPSA) is 0 Å². The van der Waals surface area contributed by atoms with Crippen LogP contribution in [0.4, 0.5) is 0 Å². The van der Waals surface area contributed by atoms with Crippen molar-refractivity contribution >= 4 is 0 Å². The van der Waals surface area contributed by atoms with Gasteiger partial charge in [0.15, 0.2) is 0 Å². The van der Waals surface area contributed by atoms with Gasteiger partial charge in [-0.25, -0.2) is 0 Å². The zero-order valence-corrected chi connectivity index (χ0v) is 14.4. The fourth-order valence-electron chi connectivity index (χ4n) is 5.08. The predicted molar refractivity (Wildman–Crippen MR) is 96.2 cm³/mol. The van der Waals surface area contributed by atoms with Gasteiger partial charge in [-0.3, -0.25) is 0 Å². The molecule has 0 aliphatic heterocycles. The number of unbranched alkanes of at least 4 members (excludes halogenated alkanes) is 1. The average molecular weight is 299 g/mol. The number of hydrogen-bond acceptors (Lipinski definition) is 0. The molecule has 0 unspecified atom stereocenters. The third-order valence-corrected chi connectivity index (χ3v) is 6.44. The first-order chi connectivity index (χ1) is 10.9. The van der Waals surface area contributed by atoms with Gasteiger partial charge in [0.05, 0.1) is 0 Å². The van der Waals surface area contributed by atoms with Crippen molar-refractivity contribution in [2.24, 2.45) is 5.92 Å². The van der Waals surface area contributed by atoms with E-state index in [-0.39, 0.29) is 0 Å². The van der Waals surface area contributed by atoms with Gasteiger partial charge < -0.3 is 0 Å². The highest BCUT2D eigenvalue weighted by atomic mass is 14.4. The second-order valence-corrected chi connectivity index (χ2v) is 7.96. The van der Waals surface area contributed by atoms with E-state index in [9.17, 15) is 0 Å². The zero-order chi connectivity index (χ0) is 15.1. The Kier molecular flexibility index (Phi) is 5.98. The monoisotopic (exact) mass is 298 g/mol. The summed E-state index contributed by atoms with van der Waals surface area (Å²) in [6.07, 6.45) is 20.6. The van der Waals surface area contributed by atoms with Crippen LogP contribution in [0.2, 0.25) is 0 Å². The molecule has 0 heteroatoms. The maximum Gasteiger partial charge on any atom is -0.00470 e. The number of hydrogen-bond donors (Lipinski definition) is 0. The molecule has 0 heterocycles. The summed E-state index contributed by atoms with van der Waals surface area (Å²) in [4.78, 5) is 0. The van der Waals surface area contributed by atoms with Crippen LogP contribution in [0, 0.1) is 5.92 Å². The predicted octanol–water partition coefficient (Wildman–Crippen LogP) is 7.03. The SMILES string of the molecule is c1ccc(C2(CCCCC3CCCCC3)CCCCC2)cc1. The first-order valence-electron chi connectivity index (χ1n) is 9.95. The highest BCUT2D eigenvalue weighted by Gasteiger charge is 2.33. The van der Waals surface area contributed by atoms with Crippen LogP contribution >= 0.6 is 0 Å². The minimum Gasteiger partial charge on any atom is -0.0622 e. The Hall–Kier alpha value is -0.780. The molecule has 0 radical (unpaired) electrons. The molecule has 1 aromatic rings. The molecule has 122 valence electrons. The van der Waals surface area contributed by atoms with Crippen molar-refractivity contribution in [2.75, 3.05) is 0 Å². The van der Waals surface area contributed by atoms with Gasteiger partial charge in [0.25, 0.3) is 0 Å². The maximum atomic E-state index is 2.40. The maximum absolute atomic E-state index is 2.40. The van der Waals surface area contributed by atoms with E-state index in [0.717, 1.165) is 5.92 Å². The van der Waals surface area contributed by atoms with Crippen LogP contribution in [0.3, 0.4) is 0 Å². The molecule has 0 N–H and O–H groups in total. The van der Waals surface area contributed by atoms with E-state index in [4.69, 9.17) is 0 Å².